The van der Waals surface area contributed by atoms with Gasteiger partial charge in [-0.2, -0.15) is 0 Å². The van der Waals surface area contributed by atoms with E-state index in [2.05, 4.69) is 14.6 Å². The Balaban J connectivity index is 1.34. The lowest BCUT2D eigenvalue weighted by Gasteiger charge is -2.30. The Morgan fingerprint density at radius 3 is 2.85 bits per heavy atom. The van der Waals surface area contributed by atoms with Gasteiger partial charge in [-0.15, -0.1) is 0 Å². The smallest absolute Gasteiger partial charge is 0.411 e. The Hall–Kier alpha value is -2.95. The van der Waals surface area contributed by atoms with Crippen LogP contribution in [0.25, 0.3) is 11.1 Å². The zero-order valence-corrected chi connectivity index (χ0v) is 19.2. The van der Waals surface area contributed by atoms with Crippen LogP contribution in [0.1, 0.15) is 24.6 Å². The normalized spacial score (nSPS) is 30.6. The standard InChI is InChI=1S/C22H24FN5O4S/c1-12(29)25-11-15-20-22(28(20)21(30)32-15)6-5-13-14-3-4-16(26-19(14)17(22)18(13)23)27-7-9-33(31,24-2)10-8-27/h3-5,15,20H,6-11H2,1-2H3,(H,25,29)/t15-,20?,22?,28?/m0/s1. The van der Waals surface area contributed by atoms with Crippen LogP contribution in [0.2, 0.25) is 0 Å². The first kappa shape index (κ1) is 20.6. The minimum absolute atomic E-state index is 0.186. The number of nitrogens with zero attached hydrogens (tertiary/aromatic N) is 4. The molecular formula is C22H24FN5O4S. The molecule has 1 spiro atoms. The number of pyridine rings is 1. The Labute approximate surface area is 190 Å². The van der Waals surface area contributed by atoms with E-state index < -0.39 is 27.5 Å². The van der Waals surface area contributed by atoms with E-state index in [0.29, 0.717) is 53.7 Å². The number of cyclic esters (lactones) is 1. The molecular weight excluding hydrogens is 449 g/mol. The van der Waals surface area contributed by atoms with E-state index in [1.54, 1.807) is 11.9 Å². The third kappa shape index (κ3) is 2.74. The largest absolute Gasteiger partial charge is 0.442 e. The summed E-state index contributed by atoms with van der Waals surface area (Å²) in [6.07, 6.45) is 1.28. The zero-order chi connectivity index (χ0) is 23.1. The maximum Gasteiger partial charge on any atom is 0.411 e. The van der Waals surface area contributed by atoms with Crippen molar-refractivity contribution in [1.82, 2.24) is 15.2 Å². The van der Waals surface area contributed by atoms with Gasteiger partial charge >= 0.3 is 6.09 Å². The fourth-order valence-electron chi connectivity index (χ4n) is 5.72. The van der Waals surface area contributed by atoms with E-state index in [1.165, 1.54) is 6.92 Å². The summed E-state index contributed by atoms with van der Waals surface area (Å²) in [4.78, 5) is 32.5. The summed E-state index contributed by atoms with van der Waals surface area (Å²) in [5, 5.41) is 2.70. The van der Waals surface area contributed by atoms with Crippen LogP contribution in [0.3, 0.4) is 0 Å². The quantitative estimate of drug-likeness (QED) is 0.669. The van der Waals surface area contributed by atoms with E-state index in [4.69, 9.17) is 9.72 Å². The predicted molar refractivity (Wildman–Crippen MR) is 121 cm³/mol. The van der Waals surface area contributed by atoms with E-state index in [9.17, 15) is 13.8 Å². The first-order valence-corrected chi connectivity index (χ1v) is 12.9. The number of anilines is 1. The maximum atomic E-state index is 15.6. The molecule has 3 atom stereocenters. The molecule has 11 heteroatoms. The average Bonchev–Trinajstić information content (AvgIpc) is 3.23. The third-order valence-corrected chi connectivity index (χ3v) is 9.72. The number of ether oxygens (including phenoxy) is 1. The predicted octanol–water partition coefficient (Wildman–Crippen LogP) is 1.56. The van der Waals surface area contributed by atoms with Crippen LogP contribution in [0.4, 0.5) is 15.0 Å². The van der Waals surface area contributed by atoms with Crippen LogP contribution in [0.5, 0.6) is 0 Å². The van der Waals surface area contributed by atoms with E-state index in [0.717, 1.165) is 5.56 Å². The fourth-order valence-corrected chi connectivity index (χ4v) is 7.30. The van der Waals surface area contributed by atoms with Gasteiger partial charge in [0.15, 0.2) is 0 Å². The van der Waals surface area contributed by atoms with E-state index in [1.807, 2.05) is 18.2 Å². The van der Waals surface area contributed by atoms with Crippen molar-refractivity contribution >= 4 is 38.7 Å². The van der Waals surface area contributed by atoms with Crippen molar-refractivity contribution in [3.8, 4) is 0 Å². The van der Waals surface area contributed by atoms with Crippen molar-refractivity contribution in [2.45, 2.75) is 31.0 Å². The second-order valence-corrected chi connectivity index (χ2v) is 11.8. The number of carbonyl (C=O) groups excluding carboxylic acids is 2. The van der Waals surface area contributed by atoms with E-state index in [-0.39, 0.29) is 24.3 Å². The number of hydrogen-bond donors (Lipinski definition) is 1. The van der Waals surface area contributed by atoms with Crippen LogP contribution in [0, 0.1) is 0 Å². The number of carbonyl (C=O) groups is 2. The molecule has 3 fully saturated rings. The minimum atomic E-state index is -2.16. The summed E-state index contributed by atoms with van der Waals surface area (Å²) in [6.45, 7) is 2.72. The molecule has 3 aliphatic heterocycles. The number of nitrogens with one attached hydrogen (secondary N) is 1. The van der Waals surface area contributed by atoms with E-state index >= 15 is 4.39 Å². The van der Waals surface area contributed by atoms with Gasteiger partial charge in [-0.3, -0.25) is 9.69 Å². The number of aromatic nitrogens is 1. The Morgan fingerprint density at radius 1 is 1.39 bits per heavy atom. The molecule has 2 bridgehead atoms. The molecule has 3 saturated heterocycles. The van der Waals surface area contributed by atoms with Crippen LogP contribution >= 0.6 is 0 Å². The summed E-state index contributed by atoms with van der Waals surface area (Å²) >= 11 is 0. The van der Waals surface area contributed by atoms with Gasteiger partial charge in [0.05, 0.1) is 12.2 Å². The molecule has 1 aromatic rings. The van der Waals surface area contributed by atoms with Crippen LogP contribution in [-0.2, 0) is 19.3 Å². The first-order valence-electron chi connectivity index (χ1n) is 11.0. The summed E-state index contributed by atoms with van der Waals surface area (Å²) in [5.41, 5.74) is 1.41. The molecule has 2 amide bonds. The molecule has 5 aliphatic rings. The second-order valence-electron chi connectivity index (χ2n) is 9.03. The molecule has 2 aliphatic carbocycles. The Bertz CT molecular complexity index is 1290. The lowest BCUT2D eigenvalue weighted by atomic mass is 9.85. The van der Waals surface area contributed by atoms with Crippen LogP contribution in [0.15, 0.2) is 28.4 Å². The maximum absolute atomic E-state index is 15.6. The number of allylic oxidation sites excluding steroid dienone is 2. The van der Waals surface area contributed by atoms with Crippen LogP contribution in [-0.4, -0.2) is 82.0 Å². The molecule has 0 aromatic carbocycles. The van der Waals surface area contributed by atoms with Crippen molar-refractivity contribution in [2.75, 3.05) is 43.1 Å². The van der Waals surface area contributed by atoms with Crippen molar-refractivity contribution in [1.29, 1.82) is 0 Å². The Morgan fingerprint density at radius 2 is 2.15 bits per heavy atom. The Kier molecular flexibility index (Phi) is 4.24. The average molecular weight is 474 g/mol. The van der Waals surface area contributed by atoms with Gasteiger partial charge in [-0.1, -0.05) is 6.08 Å². The fraction of sp³-hybridized carbons (Fsp3) is 0.500. The highest BCUT2D eigenvalue weighted by atomic mass is 32.2. The summed E-state index contributed by atoms with van der Waals surface area (Å²) in [5.74, 6) is 1.09. The highest BCUT2D eigenvalue weighted by Crippen LogP contribution is 2.65. The van der Waals surface area contributed by atoms with Gasteiger partial charge in [-0.05, 0) is 18.6 Å². The number of rotatable bonds is 3. The lowest BCUT2D eigenvalue weighted by molar-refractivity contribution is -0.119. The molecule has 1 N–H and O–H groups in total. The van der Waals surface area contributed by atoms with Crippen molar-refractivity contribution in [3.05, 3.63) is 35.3 Å². The second kappa shape index (κ2) is 6.78. The summed E-state index contributed by atoms with van der Waals surface area (Å²) in [7, 11) is -0.560. The molecule has 2 unspecified atom stereocenters. The highest BCUT2D eigenvalue weighted by molar-refractivity contribution is 7.93. The van der Waals surface area contributed by atoms with Crippen molar-refractivity contribution in [3.63, 3.8) is 0 Å². The minimum Gasteiger partial charge on any atom is -0.442 e. The summed E-state index contributed by atoms with van der Waals surface area (Å²) < 4.78 is 37.6. The number of amides is 2. The zero-order valence-electron chi connectivity index (χ0n) is 18.3. The molecule has 33 heavy (non-hydrogen) atoms. The lowest BCUT2D eigenvalue weighted by Crippen LogP contribution is -2.41. The van der Waals surface area contributed by atoms with Gasteiger partial charge < -0.3 is 15.0 Å². The monoisotopic (exact) mass is 473 g/mol. The highest BCUT2D eigenvalue weighted by Gasteiger charge is 2.77. The van der Waals surface area contributed by atoms with Crippen LogP contribution < -0.4 is 10.2 Å². The molecule has 174 valence electrons. The molecule has 9 nitrogen and oxygen atoms in total. The van der Waals surface area contributed by atoms with Crippen molar-refractivity contribution < 1.29 is 22.9 Å². The third-order valence-electron chi connectivity index (χ3n) is 7.41. The van der Waals surface area contributed by atoms with Crippen molar-refractivity contribution in [2.24, 2.45) is 4.36 Å². The van der Waals surface area contributed by atoms with Gasteiger partial charge in [0.1, 0.15) is 29.3 Å². The number of fused-ring (bicyclic) bond motifs is 8. The number of hydrogen-bond acceptors (Lipinski definition) is 7. The first-order chi connectivity index (χ1) is 15.8. The topological polar surface area (TPSA) is 104 Å². The van der Waals surface area contributed by atoms with Gasteiger partial charge in [0, 0.05) is 65.0 Å². The SMILES string of the molecule is CN=S1(=O)CCN(c2ccc3c(n2)C2=C(F)C3=CCC23C2[C@H](CNC(C)=O)OC(=O)N23)CC1. The molecule has 1 aromatic heterocycles. The summed E-state index contributed by atoms with van der Waals surface area (Å²) in [6, 6.07) is 3.41. The molecule has 0 radical (unpaired) electrons. The van der Waals surface area contributed by atoms with Gasteiger partial charge in [-0.25, -0.2) is 22.7 Å². The van der Waals surface area contributed by atoms with Gasteiger partial charge in [0.25, 0.3) is 0 Å². The molecule has 0 saturated carbocycles. The molecule has 4 heterocycles. The van der Waals surface area contributed by atoms with Gasteiger partial charge in [0.2, 0.25) is 5.91 Å². The molecule has 6 rings (SSSR count). The number of halogens is 1.